The van der Waals surface area contributed by atoms with Crippen molar-refractivity contribution in [1.29, 1.82) is 0 Å². The summed E-state index contributed by atoms with van der Waals surface area (Å²) in [6, 6.07) is 5.04. The van der Waals surface area contributed by atoms with E-state index in [2.05, 4.69) is 0 Å². The molecule has 1 aliphatic rings. The molecule has 1 amide bonds. The number of ether oxygens (including phenoxy) is 2. The summed E-state index contributed by atoms with van der Waals surface area (Å²) in [7, 11) is 3.05. The summed E-state index contributed by atoms with van der Waals surface area (Å²) in [4.78, 5) is 25.1. The Morgan fingerprint density at radius 2 is 1.86 bits per heavy atom. The van der Waals surface area contributed by atoms with Gasteiger partial charge in [0.05, 0.1) is 25.7 Å². The molecule has 1 aliphatic heterocycles. The zero-order valence-electron chi connectivity index (χ0n) is 12.2. The minimum Gasteiger partial charge on any atom is -0.497 e. The van der Waals surface area contributed by atoms with Gasteiger partial charge in [-0.25, -0.2) is 0 Å². The number of carboxylic acids is 1. The average Bonchev–Trinajstić information content (AvgIpc) is 2.53. The Kier molecular flexibility index (Phi) is 4.67. The SMILES string of the molecule is COc1ccc(C(=O)N2CCC(C(=O)O)CC2)c(OC)c1. The third-order valence-electron chi connectivity index (χ3n) is 3.77. The van der Waals surface area contributed by atoms with Gasteiger partial charge in [-0.15, -0.1) is 0 Å². The first-order valence-electron chi connectivity index (χ1n) is 6.81. The van der Waals surface area contributed by atoms with Crippen molar-refractivity contribution < 1.29 is 24.2 Å². The maximum absolute atomic E-state index is 12.5. The maximum atomic E-state index is 12.5. The molecule has 0 saturated carbocycles. The number of aliphatic carboxylic acids is 1. The molecule has 1 heterocycles. The second kappa shape index (κ2) is 6.47. The molecule has 0 spiro atoms. The number of benzene rings is 1. The summed E-state index contributed by atoms with van der Waals surface area (Å²) in [6.07, 6.45) is 0.971. The number of amides is 1. The molecule has 0 atom stereocenters. The zero-order valence-corrected chi connectivity index (χ0v) is 12.2. The van der Waals surface area contributed by atoms with Crippen LogP contribution in [0.1, 0.15) is 23.2 Å². The molecule has 0 bridgehead atoms. The van der Waals surface area contributed by atoms with E-state index in [1.54, 1.807) is 30.2 Å². The maximum Gasteiger partial charge on any atom is 0.306 e. The lowest BCUT2D eigenvalue weighted by Gasteiger charge is -2.30. The van der Waals surface area contributed by atoms with Crippen molar-refractivity contribution in [3.8, 4) is 11.5 Å². The Morgan fingerprint density at radius 3 is 2.38 bits per heavy atom. The van der Waals surface area contributed by atoms with Crippen LogP contribution < -0.4 is 9.47 Å². The van der Waals surface area contributed by atoms with Crippen LogP contribution in [0.4, 0.5) is 0 Å². The molecule has 0 unspecified atom stereocenters. The molecule has 0 aliphatic carbocycles. The smallest absolute Gasteiger partial charge is 0.306 e. The minimum absolute atomic E-state index is 0.140. The van der Waals surface area contributed by atoms with Gasteiger partial charge >= 0.3 is 5.97 Å². The number of carbonyl (C=O) groups excluding carboxylic acids is 1. The number of carboxylic acid groups (broad SMARTS) is 1. The van der Waals surface area contributed by atoms with E-state index >= 15 is 0 Å². The second-order valence-electron chi connectivity index (χ2n) is 4.97. The van der Waals surface area contributed by atoms with Crippen LogP contribution in [0, 0.1) is 5.92 Å². The van der Waals surface area contributed by atoms with Crippen molar-refractivity contribution in [1.82, 2.24) is 4.90 Å². The van der Waals surface area contributed by atoms with Crippen LogP contribution in [-0.2, 0) is 4.79 Å². The molecule has 6 heteroatoms. The number of carbonyl (C=O) groups is 2. The first-order valence-corrected chi connectivity index (χ1v) is 6.81. The van der Waals surface area contributed by atoms with E-state index in [0.29, 0.717) is 43.0 Å². The van der Waals surface area contributed by atoms with Gasteiger partial charge < -0.3 is 19.5 Å². The first-order chi connectivity index (χ1) is 10.1. The Balaban J connectivity index is 2.12. The topological polar surface area (TPSA) is 76.1 Å². The van der Waals surface area contributed by atoms with E-state index in [1.807, 2.05) is 0 Å². The summed E-state index contributed by atoms with van der Waals surface area (Å²) in [5, 5.41) is 8.98. The summed E-state index contributed by atoms with van der Waals surface area (Å²) in [6.45, 7) is 0.899. The van der Waals surface area contributed by atoms with Crippen LogP contribution in [0.5, 0.6) is 11.5 Å². The fourth-order valence-corrected chi connectivity index (χ4v) is 2.48. The standard InChI is InChI=1S/C15H19NO5/c1-20-11-3-4-12(13(9-11)21-2)14(17)16-7-5-10(6-8-16)15(18)19/h3-4,9-10H,5-8H2,1-2H3,(H,18,19). The minimum atomic E-state index is -0.788. The van der Waals surface area contributed by atoms with E-state index in [1.165, 1.54) is 7.11 Å². The third kappa shape index (κ3) is 3.26. The number of piperidine rings is 1. The van der Waals surface area contributed by atoms with E-state index in [-0.39, 0.29) is 11.8 Å². The van der Waals surface area contributed by atoms with Crippen molar-refractivity contribution in [3.05, 3.63) is 23.8 Å². The van der Waals surface area contributed by atoms with E-state index in [4.69, 9.17) is 14.6 Å². The van der Waals surface area contributed by atoms with Crippen LogP contribution >= 0.6 is 0 Å². The van der Waals surface area contributed by atoms with Gasteiger partial charge in [0, 0.05) is 19.2 Å². The molecule has 1 saturated heterocycles. The number of likely N-dealkylation sites (tertiary alicyclic amines) is 1. The fraction of sp³-hybridized carbons (Fsp3) is 0.467. The van der Waals surface area contributed by atoms with E-state index < -0.39 is 5.97 Å². The Labute approximate surface area is 123 Å². The third-order valence-corrected chi connectivity index (χ3v) is 3.77. The Morgan fingerprint density at radius 1 is 1.19 bits per heavy atom. The summed E-state index contributed by atoms with van der Waals surface area (Å²) >= 11 is 0. The van der Waals surface area contributed by atoms with Crippen LogP contribution in [0.25, 0.3) is 0 Å². The zero-order chi connectivity index (χ0) is 15.4. The van der Waals surface area contributed by atoms with E-state index in [9.17, 15) is 9.59 Å². The van der Waals surface area contributed by atoms with Gasteiger partial charge in [-0.3, -0.25) is 9.59 Å². The highest BCUT2D eigenvalue weighted by atomic mass is 16.5. The second-order valence-corrected chi connectivity index (χ2v) is 4.97. The van der Waals surface area contributed by atoms with Gasteiger partial charge in [-0.2, -0.15) is 0 Å². The first kappa shape index (κ1) is 15.2. The molecule has 0 radical (unpaired) electrons. The van der Waals surface area contributed by atoms with Crippen LogP contribution in [0.2, 0.25) is 0 Å². The molecule has 1 aromatic carbocycles. The summed E-state index contributed by atoms with van der Waals surface area (Å²) in [5.74, 6) is -0.207. The Hall–Kier alpha value is -2.24. The van der Waals surface area contributed by atoms with Gasteiger partial charge in [0.1, 0.15) is 11.5 Å². The fourth-order valence-electron chi connectivity index (χ4n) is 2.48. The predicted molar refractivity (Wildman–Crippen MR) is 75.8 cm³/mol. The van der Waals surface area contributed by atoms with Gasteiger partial charge in [0.25, 0.3) is 5.91 Å². The number of hydrogen-bond acceptors (Lipinski definition) is 4. The summed E-state index contributed by atoms with van der Waals surface area (Å²) in [5.41, 5.74) is 0.465. The molecule has 0 aromatic heterocycles. The number of methoxy groups -OCH3 is 2. The summed E-state index contributed by atoms with van der Waals surface area (Å²) < 4.78 is 10.3. The average molecular weight is 293 g/mol. The van der Waals surface area contributed by atoms with Crippen LogP contribution in [0.3, 0.4) is 0 Å². The monoisotopic (exact) mass is 293 g/mol. The van der Waals surface area contributed by atoms with Crippen molar-refractivity contribution in [3.63, 3.8) is 0 Å². The van der Waals surface area contributed by atoms with Gasteiger partial charge in [0.2, 0.25) is 0 Å². The molecule has 6 nitrogen and oxygen atoms in total. The number of hydrogen-bond donors (Lipinski definition) is 1. The molecule has 1 N–H and O–H groups in total. The Bertz CT molecular complexity index is 535. The lowest BCUT2D eigenvalue weighted by molar-refractivity contribution is -0.143. The van der Waals surface area contributed by atoms with E-state index in [0.717, 1.165) is 0 Å². The molecular weight excluding hydrogens is 274 g/mol. The van der Waals surface area contributed by atoms with Crippen molar-refractivity contribution >= 4 is 11.9 Å². The number of rotatable bonds is 4. The number of nitrogens with zero attached hydrogens (tertiary/aromatic N) is 1. The van der Waals surface area contributed by atoms with Gasteiger partial charge in [-0.1, -0.05) is 0 Å². The van der Waals surface area contributed by atoms with Crippen LogP contribution in [-0.4, -0.2) is 49.2 Å². The quantitative estimate of drug-likeness (QED) is 0.913. The molecular formula is C15H19NO5. The molecule has 1 fully saturated rings. The predicted octanol–water partition coefficient (Wildman–Crippen LogP) is 1.64. The van der Waals surface area contributed by atoms with Gasteiger partial charge in [-0.05, 0) is 25.0 Å². The van der Waals surface area contributed by atoms with Gasteiger partial charge in [0.15, 0.2) is 0 Å². The highest BCUT2D eigenvalue weighted by Crippen LogP contribution is 2.27. The lowest BCUT2D eigenvalue weighted by atomic mass is 9.96. The van der Waals surface area contributed by atoms with Crippen molar-refractivity contribution in [2.45, 2.75) is 12.8 Å². The molecule has 1 aromatic rings. The van der Waals surface area contributed by atoms with Crippen LogP contribution in [0.15, 0.2) is 18.2 Å². The highest BCUT2D eigenvalue weighted by molar-refractivity contribution is 5.97. The normalized spacial score (nSPS) is 15.6. The van der Waals surface area contributed by atoms with Crippen molar-refractivity contribution in [2.75, 3.05) is 27.3 Å². The van der Waals surface area contributed by atoms with Crippen molar-refractivity contribution in [2.24, 2.45) is 5.92 Å². The highest BCUT2D eigenvalue weighted by Gasteiger charge is 2.28. The lowest BCUT2D eigenvalue weighted by Crippen LogP contribution is -2.40. The largest absolute Gasteiger partial charge is 0.497 e. The molecule has 2 rings (SSSR count). The molecule has 21 heavy (non-hydrogen) atoms. The molecule has 114 valence electrons.